The van der Waals surface area contributed by atoms with Crippen molar-refractivity contribution in [1.82, 2.24) is 14.2 Å². The van der Waals surface area contributed by atoms with Crippen LogP contribution in [0.1, 0.15) is 63.7 Å². The van der Waals surface area contributed by atoms with Gasteiger partial charge in [0.2, 0.25) is 10.0 Å². The van der Waals surface area contributed by atoms with Gasteiger partial charge in [0.15, 0.2) is 5.13 Å². The van der Waals surface area contributed by atoms with Crippen LogP contribution in [-0.4, -0.2) is 67.8 Å². The molecule has 0 bridgehead atoms. The zero-order valence-corrected chi connectivity index (χ0v) is 25.2. The molecule has 2 aromatic carbocycles. The number of thiazole rings is 1. The Kier molecular flexibility index (Phi) is 11.5. The Morgan fingerprint density at radius 1 is 0.895 bits per heavy atom. The molecule has 0 aliphatic rings. The van der Waals surface area contributed by atoms with E-state index in [1.54, 1.807) is 39.5 Å². The lowest BCUT2D eigenvalue weighted by atomic mass is 10.2. The van der Waals surface area contributed by atoms with Gasteiger partial charge in [-0.2, -0.15) is 4.31 Å². The summed E-state index contributed by atoms with van der Waals surface area (Å²) in [5.74, 6) is -0.208. The topological polar surface area (TPSA) is 73.8 Å². The first-order valence-corrected chi connectivity index (χ1v) is 16.1. The molecule has 0 N–H and O–H groups in total. The van der Waals surface area contributed by atoms with E-state index >= 15 is 0 Å². The number of unbranched alkanes of at least 4 members (excludes halogenated alkanes) is 2. The first-order chi connectivity index (χ1) is 18.2. The van der Waals surface area contributed by atoms with E-state index in [0.717, 1.165) is 49.0 Å². The number of nitrogens with zero attached hydrogens (tertiary/aromatic N) is 4. The van der Waals surface area contributed by atoms with Crippen molar-refractivity contribution in [2.24, 2.45) is 0 Å². The molecule has 0 aliphatic carbocycles. The number of hydrogen-bond acceptors (Lipinski definition) is 6. The minimum absolute atomic E-state index is 0.208. The summed E-state index contributed by atoms with van der Waals surface area (Å²) in [7, 11) is -3.63. The predicted molar refractivity (Wildman–Crippen MR) is 159 cm³/mol. The number of aromatic nitrogens is 1. The van der Waals surface area contributed by atoms with Gasteiger partial charge >= 0.3 is 0 Å². The van der Waals surface area contributed by atoms with E-state index in [1.807, 2.05) is 12.1 Å². The van der Waals surface area contributed by atoms with Gasteiger partial charge in [-0.15, -0.1) is 0 Å². The number of sulfonamides is 1. The predicted octanol–water partition coefficient (Wildman–Crippen LogP) is 6.53. The van der Waals surface area contributed by atoms with Crippen LogP contribution in [0.15, 0.2) is 47.4 Å². The van der Waals surface area contributed by atoms with Crippen LogP contribution in [0.25, 0.3) is 10.2 Å². The third kappa shape index (κ3) is 7.54. The molecule has 0 atom stereocenters. The fourth-order valence-electron chi connectivity index (χ4n) is 4.16. The summed E-state index contributed by atoms with van der Waals surface area (Å²) in [5.41, 5.74) is 1.21. The van der Waals surface area contributed by atoms with Crippen molar-refractivity contribution in [2.45, 2.75) is 58.3 Å². The second kappa shape index (κ2) is 14.4. The van der Waals surface area contributed by atoms with Crippen LogP contribution in [0, 0.1) is 0 Å². The molecular weight excluding hydrogens is 540 g/mol. The number of carbonyl (C=O) groups is 1. The van der Waals surface area contributed by atoms with Crippen LogP contribution in [-0.2, 0) is 10.0 Å². The van der Waals surface area contributed by atoms with E-state index in [1.165, 1.54) is 11.3 Å². The van der Waals surface area contributed by atoms with Gasteiger partial charge in [0.05, 0.1) is 15.1 Å². The normalized spacial score (nSPS) is 12.1. The summed E-state index contributed by atoms with van der Waals surface area (Å²) in [5, 5.41) is 1.22. The third-order valence-electron chi connectivity index (χ3n) is 6.61. The van der Waals surface area contributed by atoms with Crippen LogP contribution in [0.5, 0.6) is 0 Å². The monoisotopic (exact) mass is 578 g/mol. The highest BCUT2D eigenvalue weighted by Crippen LogP contribution is 2.31. The Morgan fingerprint density at radius 2 is 1.53 bits per heavy atom. The second-order valence-corrected chi connectivity index (χ2v) is 12.6. The van der Waals surface area contributed by atoms with Crippen molar-refractivity contribution < 1.29 is 13.2 Å². The highest BCUT2D eigenvalue weighted by molar-refractivity contribution is 7.89. The third-order valence-corrected chi connectivity index (χ3v) is 9.80. The maximum atomic E-state index is 13.7. The summed E-state index contributed by atoms with van der Waals surface area (Å²) in [4.78, 5) is 22.6. The zero-order valence-electron chi connectivity index (χ0n) is 22.8. The van der Waals surface area contributed by atoms with Crippen LogP contribution >= 0.6 is 22.9 Å². The van der Waals surface area contributed by atoms with Crippen molar-refractivity contribution in [2.75, 3.05) is 44.2 Å². The minimum atomic E-state index is -3.63. The fraction of sp³-hybridized carbons (Fsp3) is 0.500. The molecule has 0 spiro atoms. The molecule has 0 radical (unpaired) electrons. The number of fused-ring (bicyclic) bond motifs is 1. The molecule has 0 unspecified atom stereocenters. The number of likely N-dealkylation sites (N-methyl/N-ethyl adjacent to an activating group) is 1. The molecular formula is C28H39ClN4O3S2. The van der Waals surface area contributed by atoms with Gasteiger partial charge < -0.3 is 4.90 Å². The van der Waals surface area contributed by atoms with Gasteiger partial charge in [-0.1, -0.05) is 63.5 Å². The number of anilines is 1. The summed E-state index contributed by atoms with van der Waals surface area (Å²) in [6.45, 7) is 12.2. The summed E-state index contributed by atoms with van der Waals surface area (Å²) >= 11 is 7.60. The average Bonchev–Trinajstić information content (AvgIpc) is 3.33. The Bertz CT molecular complexity index is 1280. The molecule has 38 heavy (non-hydrogen) atoms. The number of benzene rings is 2. The Labute approximate surface area is 236 Å². The standard InChI is InChI=1S/C28H39ClN4O3S2/c1-5-9-17-32(18-10-6-2)38(35,36)24-14-11-22(12-15-24)27(34)33(20-19-31(7-3)8-4)28-30-25-16-13-23(29)21-26(25)37-28/h11-16,21H,5-10,17-20H2,1-4H3. The van der Waals surface area contributed by atoms with E-state index in [9.17, 15) is 13.2 Å². The number of rotatable bonds is 15. The fourth-order valence-corrected chi connectivity index (χ4v) is 6.95. The van der Waals surface area contributed by atoms with Gasteiger partial charge in [0.25, 0.3) is 5.91 Å². The van der Waals surface area contributed by atoms with Crippen molar-refractivity contribution in [3.8, 4) is 0 Å². The molecule has 0 saturated carbocycles. The van der Waals surface area contributed by atoms with Crippen LogP contribution in [0.3, 0.4) is 0 Å². The summed E-state index contributed by atoms with van der Waals surface area (Å²) < 4.78 is 29.2. The molecule has 0 aliphatic heterocycles. The lowest BCUT2D eigenvalue weighted by Gasteiger charge is -2.25. The minimum Gasteiger partial charge on any atom is -0.302 e. The number of hydrogen-bond donors (Lipinski definition) is 0. The van der Waals surface area contributed by atoms with Crippen molar-refractivity contribution in [3.05, 3.63) is 53.1 Å². The van der Waals surface area contributed by atoms with Crippen LogP contribution in [0.2, 0.25) is 5.02 Å². The first-order valence-electron chi connectivity index (χ1n) is 13.5. The SMILES string of the molecule is CCCCN(CCCC)S(=O)(=O)c1ccc(C(=O)N(CCN(CC)CC)c2nc3ccc(Cl)cc3s2)cc1. The Hall–Kier alpha value is -2.04. The smallest absolute Gasteiger partial charge is 0.260 e. The largest absolute Gasteiger partial charge is 0.302 e. The quantitative estimate of drug-likeness (QED) is 0.205. The summed E-state index contributed by atoms with van der Waals surface area (Å²) in [6.07, 6.45) is 3.47. The maximum Gasteiger partial charge on any atom is 0.260 e. The van der Waals surface area contributed by atoms with E-state index in [2.05, 4.69) is 32.6 Å². The van der Waals surface area contributed by atoms with Gasteiger partial charge in [-0.05, 0) is 68.4 Å². The zero-order chi connectivity index (χ0) is 27.7. The Balaban J connectivity index is 1.90. The molecule has 10 heteroatoms. The molecule has 1 heterocycles. The molecule has 3 aromatic rings. The number of amides is 1. The molecule has 1 aromatic heterocycles. The Morgan fingerprint density at radius 3 is 2.11 bits per heavy atom. The lowest BCUT2D eigenvalue weighted by molar-refractivity contribution is 0.0983. The first kappa shape index (κ1) is 30.5. The average molecular weight is 579 g/mol. The molecule has 0 fully saturated rings. The van der Waals surface area contributed by atoms with E-state index in [4.69, 9.17) is 16.6 Å². The molecule has 7 nitrogen and oxygen atoms in total. The summed E-state index contributed by atoms with van der Waals surface area (Å²) in [6, 6.07) is 11.8. The van der Waals surface area contributed by atoms with Gasteiger partial charge in [0.1, 0.15) is 0 Å². The van der Waals surface area contributed by atoms with Crippen molar-refractivity contribution in [3.63, 3.8) is 0 Å². The van der Waals surface area contributed by atoms with E-state index in [-0.39, 0.29) is 10.8 Å². The lowest BCUT2D eigenvalue weighted by Crippen LogP contribution is -2.39. The molecule has 1 amide bonds. The number of carbonyl (C=O) groups excluding carboxylic acids is 1. The van der Waals surface area contributed by atoms with Crippen molar-refractivity contribution in [1.29, 1.82) is 0 Å². The van der Waals surface area contributed by atoms with Crippen LogP contribution in [0.4, 0.5) is 5.13 Å². The van der Waals surface area contributed by atoms with E-state index in [0.29, 0.717) is 41.9 Å². The van der Waals surface area contributed by atoms with Crippen LogP contribution < -0.4 is 4.90 Å². The number of halogens is 1. The molecule has 3 rings (SSSR count). The van der Waals surface area contributed by atoms with Gasteiger partial charge in [-0.25, -0.2) is 13.4 Å². The van der Waals surface area contributed by atoms with Gasteiger partial charge in [0, 0.05) is 36.8 Å². The second-order valence-electron chi connectivity index (χ2n) is 9.23. The maximum absolute atomic E-state index is 13.7. The van der Waals surface area contributed by atoms with Gasteiger partial charge in [-0.3, -0.25) is 9.69 Å². The molecule has 0 saturated heterocycles. The molecule has 208 valence electrons. The van der Waals surface area contributed by atoms with E-state index < -0.39 is 10.0 Å². The van der Waals surface area contributed by atoms with Crippen molar-refractivity contribution >= 4 is 54.2 Å². The highest BCUT2D eigenvalue weighted by atomic mass is 35.5. The highest BCUT2D eigenvalue weighted by Gasteiger charge is 2.26.